The Balaban J connectivity index is 0.00000256. The van der Waals surface area contributed by atoms with Crippen molar-refractivity contribution in [1.82, 2.24) is 4.98 Å². The molecule has 0 saturated heterocycles. The summed E-state index contributed by atoms with van der Waals surface area (Å²) in [5, 5.41) is 8.34. The highest BCUT2D eigenvalue weighted by atomic mass is 35.5. The Bertz CT molecular complexity index is 426. The topological polar surface area (TPSA) is 79.5 Å². The molecule has 0 radical (unpaired) electrons. The van der Waals surface area contributed by atoms with Crippen LogP contribution in [0.2, 0.25) is 0 Å². The Kier molecular flexibility index (Phi) is 4.66. The Hall–Kier alpha value is -1.61. The number of carbonyl (C=O) groups is 1. The van der Waals surface area contributed by atoms with E-state index in [1.54, 1.807) is 0 Å². The minimum Gasteiger partial charge on any atom is -0.464 e. The molecule has 0 aliphatic heterocycles. The van der Waals surface area contributed by atoms with Crippen LogP contribution in [0.15, 0.2) is 12.3 Å². The Morgan fingerprint density at radius 1 is 1.47 bits per heavy atom. The summed E-state index contributed by atoms with van der Waals surface area (Å²) in [6.45, 7) is 0. The minimum absolute atomic E-state index is 0. The molecule has 1 heterocycles. The lowest BCUT2D eigenvalue weighted by Crippen LogP contribution is -2.37. The van der Waals surface area contributed by atoms with Gasteiger partial charge in [-0.2, -0.15) is 18.2 Å². The molecule has 0 aliphatic carbocycles. The van der Waals surface area contributed by atoms with Crippen molar-refractivity contribution >= 4 is 24.3 Å². The van der Waals surface area contributed by atoms with Crippen LogP contribution in [-0.2, 0) is 6.18 Å². The fraction of sp³-hybridized carbons (Fsp3) is 0.143. The van der Waals surface area contributed by atoms with Crippen LogP contribution in [-0.4, -0.2) is 16.2 Å². The number of nitrogens with two attached hydrogens (primary N) is 1. The number of halogens is 5. The predicted molar refractivity (Wildman–Crippen MR) is 51.1 cm³/mol. The fourth-order valence-electron chi connectivity index (χ4n) is 0.875. The predicted octanol–water partition coefficient (Wildman–Crippen LogP) is 2.02. The SMILES string of the molecule is Cl.NN(C(=O)O)c1cc(C(F)(F)F)c(F)cn1. The molecule has 0 saturated carbocycles. The molecule has 96 valence electrons. The molecule has 17 heavy (non-hydrogen) atoms. The quantitative estimate of drug-likeness (QED) is 0.356. The highest BCUT2D eigenvalue weighted by molar-refractivity contribution is 5.85. The summed E-state index contributed by atoms with van der Waals surface area (Å²) >= 11 is 0. The van der Waals surface area contributed by atoms with Crippen LogP contribution in [0.5, 0.6) is 0 Å². The van der Waals surface area contributed by atoms with Gasteiger partial charge < -0.3 is 5.11 Å². The van der Waals surface area contributed by atoms with Gasteiger partial charge in [0.1, 0.15) is 0 Å². The molecule has 0 bridgehead atoms. The summed E-state index contributed by atoms with van der Waals surface area (Å²) in [5.41, 5.74) is -1.63. The summed E-state index contributed by atoms with van der Waals surface area (Å²) in [5.74, 6) is 2.56. The summed E-state index contributed by atoms with van der Waals surface area (Å²) in [6, 6.07) is 0.212. The molecule has 1 aromatic rings. The minimum atomic E-state index is -4.94. The van der Waals surface area contributed by atoms with Crippen LogP contribution in [0.4, 0.5) is 28.2 Å². The number of hydrogen-bond donors (Lipinski definition) is 2. The van der Waals surface area contributed by atoms with Crippen molar-refractivity contribution in [2.45, 2.75) is 6.18 Å². The van der Waals surface area contributed by atoms with E-state index in [2.05, 4.69) is 4.98 Å². The van der Waals surface area contributed by atoms with Crippen LogP contribution in [0.3, 0.4) is 0 Å². The van der Waals surface area contributed by atoms with Crippen molar-refractivity contribution in [2.75, 3.05) is 5.01 Å². The van der Waals surface area contributed by atoms with E-state index in [0.717, 1.165) is 0 Å². The maximum absolute atomic E-state index is 12.7. The molecule has 1 amide bonds. The van der Waals surface area contributed by atoms with Crippen molar-refractivity contribution < 1.29 is 27.5 Å². The van der Waals surface area contributed by atoms with Gasteiger partial charge in [0.2, 0.25) is 0 Å². The third-order valence-electron chi connectivity index (χ3n) is 1.60. The van der Waals surface area contributed by atoms with Gasteiger partial charge >= 0.3 is 12.3 Å². The standard InChI is InChI=1S/C7H5F4N3O2.ClH/c8-4-2-13-5(14(12)6(15)16)1-3(4)7(9,10)11;/h1-2H,12H2,(H,15,16);1H. The number of anilines is 1. The number of hydrazine groups is 1. The van der Waals surface area contributed by atoms with E-state index in [9.17, 15) is 22.4 Å². The van der Waals surface area contributed by atoms with Gasteiger partial charge in [0.15, 0.2) is 11.6 Å². The molecule has 0 spiro atoms. The average molecular weight is 276 g/mol. The number of nitrogens with zero attached hydrogens (tertiary/aromatic N) is 2. The van der Waals surface area contributed by atoms with Crippen LogP contribution in [0, 0.1) is 5.82 Å². The zero-order valence-corrected chi connectivity index (χ0v) is 8.72. The van der Waals surface area contributed by atoms with Crippen molar-refractivity contribution in [3.63, 3.8) is 0 Å². The molecule has 0 atom stereocenters. The first-order valence-corrected chi connectivity index (χ1v) is 3.74. The molecular formula is C7H6ClF4N3O2. The monoisotopic (exact) mass is 275 g/mol. The number of alkyl halides is 3. The van der Waals surface area contributed by atoms with Crippen LogP contribution in [0.1, 0.15) is 5.56 Å². The second-order valence-electron chi connectivity index (χ2n) is 2.67. The van der Waals surface area contributed by atoms with Gasteiger partial charge in [-0.05, 0) is 6.07 Å². The summed E-state index contributed by atoms with van der Waals surface area (Å²) in [7, 11) is 0. The third-order valence-corrected chi connectivity index (χ3v) is 1.60. The first-order chi connectivity index (χ1) is 7.23. The molecule has 10 heteroatoms. The molecule has 1 aromatic heterocycles. The smallest absolute Gasteiger partial charge is 0.427 e. The zero-order chi connectivity index (χ0) is 12.5. The lowest BCUT2D eigenvalue weighted by molar-refractivity contribution is -0.140. The second kappa shape index (κ2) is 5.15. The van der Waals surface area contributed by atoms with Gasteiger partial charge in [0.25, 0.3) is 0 Å². The van der Waals surface area contributed by atoms with Crippen LogP contribution >= 0.6 is 12.4 Å². The molecule has 0 aliphatic rings. The van der Waals surface area contributed by atoms with E-state index in [1.807, 2.05) is 0 Å². The largest absolute Gasteiger partial charge is 0.464 e. The molecule has 0 unspecified atom stereocenters. The van der Waals surface area contributed by atoms with E-state index in [4.69, 9.17) is 10.9 Å². The Morgan fingerprint density at radius 2 is 2.00 bits per heavy atom. The molecule has 3 N–H and O–H groups in total. The van der Waals surface area contributed by atoms with Crippen LogP contribution in [0.25, 0.3) is 0 Å². The third kappa shape index (κ3) is 3.43. The van der Waals surface area contributed by atoms with Gasteiger partial charge in [-0.15, -0.1) is 12.4 Å². The average Bonchev–Trinajstić information content (AvgIpc) is 2.15. The van der Waals surface area contributed by atoms with E-state index < -0.39 is 29.5 Å². The molecule has 0 aromatic carbocycles. The lowest BCUT2D eigenvalue weighted by atomic mass is 10.2. The van der Waals surface area contributed by atoms with Gasteiger partial charge in [0.05, 0.1) is 11.8 Å². The van der Waals surface area contributed by atoms with Crippen molar-refractivity contribution in [2.24, 2.45) is 5.84 Å². The number of rotatable bonds is 1. The molecule has 0 fully saturated rings. The maximum Gasteiger partial charge on any atom is 0.427 e. The second-order valence-corrected chi connectivity index (χ2v) is 2.67. The van der Waals surface area contributed by atoms with E-state index in [0.29, 0.717) is 0 Å². The summed E-state index contributed by atoms with van der Waals surface area (Å²) < 4.78 is 49.4. The van der Waals surface area contributed by atoms with Crippen molar-refractivity contribution in [3.05, 3.63) is 23.6 Å². The lowest BCUT2D eigenvalue weighted by Gasteiger charge is -2.13. The van der Waals surface area contributed by atoms with Gasteiger partial charge in [-0.3, -0.25) is 0 Å². The normalized spacial score (nSPS) is 10.6. The van der Waals surface area contributed by atoms with Gasteiger partial charge in [0, 0.05) is 0 Å². The molecular weight excluding hydrogens is 270 g/mol. The number of pyridine rings is 1. The van der Waals surface area contributed by atoms with Crippen molar-refractivity contribution in [1.29, 1.82) is 0 Å². The number of aromatic nitrogens is 1. The number of carboxylic acid groups (broad SMARTS) is 1. The first kappa shape index (κ1) is 15.4. The van der Waals surface area contributed by atoms with Crippen LogP contribution < -0.4 is 10.9 Å². The highest BCUT2D eigenvalue weighted by Gasteiger charge is 2.35. The molecule has 1 rings (SSSR count). The zero-order valence-electron chi connectivity index (χ0n) is 7.90. The number of amides is 1. The fourth-order valence-corrected chi connectivity index (χ4v) is 0.875. The van der Waals surface area contributed by atoms with Gasteiger partial charge in [-0.25, -0.2) is 20.0 Å². The molecule has 5 nitrogen and oxygen atoms in total. The summed E-state index contributed by atoms with van der Waals surface area (Å²) in [4.78, 5) is 13.5. The first-order valence-electron chi connectivity index (χ1n) is 3.74. The van der Waals surface area contributed by atoms with E-state index in [-0.39, 0.29) is 29.7 Å². The summed E-state index contributed by atoms with van der Waals surface area (Å²) in [6.07, 6.45) is -6.41. The van der Waals surface area contributed by atoms with Crippen molar-refractivity contribution in [3.8, 4) is 0 Å². The Labute approximate surface area is 98.2 Å². The highest BCUT2D eigenvalue weighted by Crippen LogP contribution is 2.32. The van der Waals surface area contributed by atoms with E-state index in [1.165, 1.54) is 0 Å². The van der Waals surface area contributed by atoms with Gasteiger partial charge in [-0.1, -0.05) is 0 Å². The maximum atomic E-state index is 12.7. The Morgan fingerprint density at radius 3 is 2.41 bits per heavy atom. The van der Waals surface area contributed by atoms with E-state index >= 15 is 0 Å². The number of hydrogen-bond acceptors (Lipinski definition) is 3.